The standard InChI is InChI=1S/C14H19ClF3N3O2.2ClH/c1-21(8-14(16,17)18)5-3-4-20-13(22)9-6-10(15)11(19)7-12(9)23-2;;/h6-7H,3-5,8,19H2,1-2H3,(H,20,22);2*1H. The van der Waals surface area contributed by atoms with E-state index in [1.54, 1.807) is 0 Å². The highest BCUT2D eigenvalue weighted by molar-refractivity contribution is 6.33. The van der Waals surface area contributed by atoms with E-state index in [-0.39, 0.29) is 59.9 Å². The molecule has 25 heavy (non-hydrogen) atoms. The first kappa shape index (κ1) is 26.1. The molecule has 3 N–H and O–H groups in total. The smallest absolute Gasteiger partial charge is 0.401 e. The lowest BCUT2D eigenvalue weighted by molar-refractivity contribution is -0.143. The predicted octanol–water partition coefficient (Wildman–Crippen LogP) is 3.39. The number of nitrogens with zero attached hydrogens (tertiary/aromatic N) is 1. The van der Waals surface area contributed by atoms with Crippen LogP contribution < -0.4 is 15.8 Å². The maximum absolute atomic E-state index is 12.2. The van der Waals surface area contributed by atoms with Crippen molar-refractivity contribution in [3.63, 3.8) is 0 Å². The highest BCUT2D eigenvalue weighted by Crippen LogP contribution is 2.28. The van der Waals surface area contributed by atoms with E-state index in [0.717, 1.165) is 4.90 Å². The maximum atomic E-state index is 12.2. The van der Waals surface area contributed by atoms with E-state index < -0.39 is 18.6 Å². The van der Waals surface area contributed by atoms with Crippen molar-refractivity contribution in [3.05, 3.63) is 22.7 Å². The molecule has 1 amide bonds. The summed E-state index contributed by atoms with van der Waals surface area (Å²) in [5, 5.41) is 2.84. The van der Waals surface area contributed by atoms with Crippen LogP contribution in [0.25, 0.3) is 0 Å². The third-order valence-corrected chi connectivity index (χ3v) is 3.34. The number of halogens is 6. The lowest BCUT2D eigenvalue weighted by atomic mass is 10.1. The van der Waals surface area contributed by atoms with Crippen molar-refractivity contribution in [1.29, 1.82) is 0 Å². The Balaban J connectivity index is 0. The number of nitrogens with two attached hydrogens (primary N) is 1. The zero-order chi connectivity index (χ0) is 17.6. The van der Waals surface area contributed by atoms with Crippen LogP contribution in [0.15, 0.2) is 12.1 Å². The van der Waals surface area contributed by atoms with Crippen molar-refractivity contribution < 1.29 is 22.7 Å². The minimum atomic E-state index is -4.23. The first-order valence-corrected chi connectivity index (χ1v) is 7.18. The normalized spacial score (nSPS) is 10.7. The summed E-state index contributed by atoms with van der Waals surface area (Å²) in [6.45, 7) is -0.548. The van der Waals surface area contributed by atoms with Crippen molar-refractivity contribution in [1.82, 2.24) is 10.2 Å². The molecular weight excluding hydrogens is 406 g/mol. The number of hydrogen-bond donors (Lipinski definition) is 2. The molecule has 0 fully saturated rings. The third-order valence-electron chi connectivity index (χ3n) is 3.01. The summed E-state index contributed by atoms with van der Waals surface area (Å²) >= 11 is 5.88. The lowest BCUT2D eigenvalue weighted by Gasteiger charge is -2.18. The van der Waals surface area contributed by atoms with Crippen LogP contribution in [-0.4, -0.2) is 50.8 Å². The Bertz CT molecular complexity index is 560. The van der Waals surface area contributed by atoms with Crippen LogP contribution in [0, 0.1) is 0 Å². The third kappa shape index (κ3) is 9.25. The van der Waals surface area contributed by atoms with Gasteiger partial charge in [-0.3, -0.25) is 9.69 Å². The van der Waals surface area contributed by atoms with E-state index in [9.17, 15) is 18.0 Å². The van der Waals surface area contributed by atoms with Gasteiger partial charge in [-0.1, -0.05) is 11.6 Å². The quantitative estimate of drug-likeness (QED) is 0.518. The zero-order valence-electron chi connectivity index (χ0n) is 13.7. The molecule has 0 heterocycles. The van der Waals surface area contributed by atoms with Crippen LogP contribution >= 0.6 is 36.4 Å². The molecular formula is C14H21Cl3F3N3O2. The molecule has 0 spiro atoms. The van der Waals surface area contributed by atoms with Gasteiger partial charge in [0.05, 0.1) is 29.9 Å². The number of amides is 1. The molecule has 0 saturated carbocycles. The molecule has 0 aliphatic heterocycles. The number of benzene rings is 1. The van der Waals surface area contributed by atoms with Gasteiger partial charge in [0.2, 0.25) is 0 Å². The zero-order valence-corrected chi connectivity index (χ0v) is 16.0. The number of carbonyl (C=O) groups excluding carboxylic acids is 1. The number of carbonyl (C=O) groups is 1. The van der Waals surface area contributed by atoms with Gasteiger partial charge in [-0.15, -0.1) is 24.8 Å². The molecule has 1 aromatic rings. The molecule has 146 valence electrons. The van der Waals surface area contributed by atoms with Crippen molar-refractivity contribution in [3.8, 4) is 5.75 Å². The van der Waals surface area contributed by atoms with Crippen LogP contribution in [0.3, 0.4) is 0 Å². The molecule has 0 radical (unpaired) electrons. The average molecular weight is 427 g/mol. The fraction of sp³-hybridized carbons (Fsp3) is 0.500. The van der Waals surface area contributed by atoms with Gasteiger partial charge in [-0.2, -0.15) is 13.2 Å². The van der Waals surface area contributed by atoms with Gasteiger partial charge >= 0.3 is 6.18 Å². The van der Waals surface area contributed by atoms with Crippen LogP contribution in [-0.2, 0) is 0 Å². The van der Waals surface area contributed by atoms with E-state index in [4.69, 9.17) is 22.1 Å². The average Bonchev–Trinajstić information content (AvgIpc) is 2.43. The molecule has 0 unspecified atom stereocenters. The van der Waals surface area contributed by atoms with Crippen molar-refractivity contribution in [2.45, 2.75) is 12.6 Å². The van der Waals surface area contributed by atoms with Crippen molar-refractivity contribution >= 4 is 48.0 Å². The first-order chi connectivity index (χ1) is 10.6. The summed E-state index contributed by atoms with van der Waals surface area (Å²) in [6.07, 6.45) is -3.85. The fourth-order valence-electron chi connectivity index (χ4n) is 1.95. The number of anilines is 1. The number of ether oxygens (including phenoxy) is 1. The van der Waals surface area contributed by atoms with Gasteiger partial charge in [0.25, 0.3) is 5.91 Å². The molecule has 0 aromatic heterocycles. The van der Waals surface area contributed by atoms with Crippen molar-refractivity contribution in [2.75, 3.05) is 39.5 Å². The first-order valence-electron chi connectivity index (χ1n) is 6.80. The lowest BCUT2D eigenvalue weighted by Crippen LogP contribution is -2.33. The molecule has 0 aliphatic rings. The summed E-state index contributed by atoms with van der Waals surface area (Å²) in [7, 11) is 2.77. The van der Waals surface area contributed by atoms with Gasteiger partial charge < -0.3 is 15.8 Å². The van der Waals surface area contributed by atoms with Gasteiger partial charge in [0.15, 0.2) is 0 Å². The van der Waals surface area contributed by atoms with Crippen LogP contribution in [0.2, 0.25) is 5.02 Å². The Morgan fingerprint density at radius 3 is 2.48 bits per heavy atom. The van der Waals surface area contributed by atoms with E-state index in [2.05, 4.69) is 5.32 Å². The molecule has 11 heteroatoms. The second-order valence-corrected chi connectivity index (χ2v) is 5.44. The van der Waals surface area contributed by atoms with E-state index in [1.165, 1.54) is 26.3 Å². The van der Waals surface area contributed by atoms with Crippen LogP contribution in [0.4, 0.5) is 18.9 Å². The number of methoxy groups -OCH3 is 1. The summed E-state index contributed by atoms with van der Waals surface area (Å²) in [4.78, 5) is 13.2. The van der Waals surface area contributed by atoms with Gasteiger partial charge in [0, 0.05) is 12.6 Å². The summed E-state index contributed by atoms with van der Waals surface area (Å²) < 4.78 is 41.6. The van der Waals surface area contributed by atoms with E-state index >= 15 is 0 Å². The van der Waals surface area contributed by atoms with Gasteiger partial charge in [0.1, 0.15) is 5.75 Å². The summed E-state index contributed by atoms with van der Waals surface area (Å²) in [6, 6.07) is 2.83. The Hall–Kier alpha value is -1.09. The number of rotatable bonds is 7. The number of hydrogen-bond acceptors (Lipinski definition) is 4. The second-order valence-electron chi connectivity index (χ2n) is 5.04. The molecule has 1 aromatic carbocycles. The van der Waals surface area contributed by atoms with E-state index in [1.807, 2.05) is 0 Å². The summed E-state index contributed by atoms with van der Waals surface area (Å²) in [5.74, 6) is -0.152. The Morgan fingerprint density at radius 1 is 1.36 bits per heavy atom. The highest BCUT2D eigenvalue weighted by Gasteiger charge is 2.28. The highest BCUT2D eigenvalue weighted by atomic mass is 35.5. The number of nitrogen functional groups attached to an aromatic ring is 1. The van der Waals surface area contributed by atoms with Gasteiger partial charge in [-0.25, -0.2) is 0 Å². The topological polar surface area (TPSA) is 67.6 Å². The molecule has 0 saturated heterocycles. The van der Waals surface area contributed by atoms with Gasteiger partial charge in [-0.05, 0) is 26.1 Å². The fourth-order valence-corrected chi connectivity index (χ4v) is 2.11. The predicted molar refractivity (Wildman–Crippen MR) is 97.4 cm³/mol. The largest absolute Gasteiger partial charge is 0.496 e. The summed E-state index contributed by atoms with van der Waals surface area (Å²) in [5.41, 5.74) is 6.13. The Morgan fingerprint density at radius 2 is 1.96 bits per heavy atom. The number of alkyl halides is 3. The Labute approximate surface area is 161 Å². The second kappa shape index (κ2) is 11.5. The van der Waals surface area contributed by atoms with Crippen molar-refractivity contribution in [2.24, 2.45) is 0 Å². The minimum Gasteiger partial charge on any atom is -0.496 e. The molecule has 0 aliphatic carbocycles. The van der Waals surface area contributed by atoms with Crippen LogP contribution in [0.5, 0.6) is 5.75 Å². The Kier molecular flexibility index (Phi) is 12.0. The number of nitrogens with one attached hydrogen (secondary N) is 1. The SMILES string of the molecule is COc1cc(N)c(Cl)cc1C(=O)NCCCN(C)CC(F)(F)F.Cl.Cl. The van der Waals surface area contributed by atoms with E-state index in [0.29, 0.717) is 6.42 Å². The van der Waals surface area contributed by atoms with Crippen LogP contribution in [0.1, 0.15) is 16.8 Å². The molecule has 0 atom stereocenters. The molecule has 5 nitrogen and oxygen atoms in total. The maximum Gasteiger partial charge on any atom is 0.401 e. The molecule has 1 rings (SSSR count). The molecule has 0 bridgehead atoms. The monoisotopic (exact) mass is 425 g/mol. The minimum absolute atomic E-state index is 0.